The average Bonchev–Trinajstić information content (AvgIpc) is 3.30. The Morgan fingerprint density at radius 1 is 1.18 bits per heavy atom. The van der Waals surface area contributed by atoms with Gasteiger partial charge in [0.25, 0.3) is 0 Å². The number of rotatable bonds is 7. The fourth-order valence-corrected chi connectivity index (χ4v) is 4.29. The molecule has 39 heavy (non-hydrogen) atoms. The Bertz CT molecular complexity index is 1530. The van der Waals surface area contributed by atoms with Crippen molar-refractivity contribution >= 4 is 23.6 Å². The molecule has 0 amide bonds. The summed E-state index contributed by atoms with van der Waals surface area (Å²) in [7, 11) is 1.23. The zero-order chi connectivity index (χ0) is 28.3. The number of esters is 2. The van der Waals surface area contributed by atoms with E-state index in [1.807, 2.05) is 6.07 Å². The number of nitrogens with zero attached hydrogens (tertiary/aromatic N) is 4. The lowest BCUT2D eigenvalue weighted by Crippen LogP contribution is -2.38. The number of H-pyrrole nitrogens is 1. The van der Waals surface area contributed by atoms with Crippen LogP contribution in [0.1, 0.15) is 42.5 Å². The van der Waals surface area contributed by atoms with Crippen molar-refractivity contribution in [2.24, 2.45) is 0 Å². The smallest absolute Gasteiger partial charge is 0.416 e. The van der Waals surface area contributed by atoms with E-state index in [1.165, 1.54) is 43.2 Å². The molecule has 3 aromatic rings. The lowest BCUT2D eigenvalue weighted by molar-refractivity contribution is -0.144. The summed E-state index contributed by atoms with van der Waals surface area (Å²) >= 11 is 0. The third kappa shape index (κ3) is 5.40. The number of aromatic amines is 1. The number of ether oxygens (including phenoxy) is 2. The summed E-state index contributed by atoms with van der Waals surface area (Å²) in [5, 5.41) is 15.5. The number of anilines is 2. The molecule has 0 aliphatic carbocycles. The molecule has 1 aliphatic rings. The standard InChI is InChI=1S/C26H22F3N5O5/c1-15-21(23(36)39-12-4-7-20(35)38-2)22(17-10-8-16(14-30)9-11-17)34-24(31-32-25(34)37)33(15)19-6-3-5-18(13-19)26(27,28)29/h3,5-6,8-11,13,22H,4,7,12H2,1-2H3,(H,32,37)/t22-/m1/s1. The van der Waals surface area contributed by atoms with Gasteiger partial charge in [0.2, 0.25) is 5.95 Å². The van der Waals surface area contributed by atoms with Gasteiger partial charge >= 0.3 is 23.8 Å². The molecule has 0 saturated carbocycles. The van der Waals surface area contributed by atoms with Gasteiger partial charge in [-0.3, -0.25) is 9.69 Å². The molecule has 0 radical (unpaired) electrons. The van der Waals surface area contributed by atoms with E-state index in [9.17, 15) is 32.8 Å². The molecule has 0 bridgehead atoms. The summed E-state index contributed by atoms with van der Waals surface area (Å²) in [6, 6.07) is 11.4. The molecular weight excluding hydrogens is 519 g/mol. The van der Waals surface area contributed by atoms with Crippen LogP contribution in [0, 0.1) is 11.3 Å². The average molecular weight is 541 g/mol. The van der Waals surface area contributed by atoms with E-state index < -0.39 is 35.4 Å². The summed E-state index contributed by atoms with van der Waals surface area (Å²) in [6.07, 6.45) is -4.47. The molecule has 2 aromatic carbocycles. The molecule has 1 N–H and O–H groups in total. The topological polar surface area (TPSA) is 130 Å². The quantitative estimate of drug-likeness (QED) is 0.351. The largest absolute Gasteiger partial charge is 0.469 e. The molecule has 0 fully saturated rings. The number of methoxy groups -OCH3 is 1. The summed E-state index contributed by atoms with van der Waals surface area (Å²) < 4.78 is 51.6. The summed E-state index contributed by atoms with van der Waals surface area (Å²) in [5.41, 5.74) is -0.731. The second-order valence-corrected chi connectivity index (χ2v) is 8.53. The predicted octanol–water partition coefficient (Wildman–Crippen LogP) is 3.97. The maximum atomic E-state index is 13.5. The number of carbonyl (C=O) groups is 2. The van der Waals surface area contributed by atoms with E-state index in [-0.39, 0.29) is 42.4 Å². The van der Waals surface area contributed by atoms with Crippen molar-refractivity contribution in [3.8, 4) is 6.07 Å². The van der Waals surface area contributed by atoms with Gasteiger partial charge in [-0.05, 0) is 49.2 Å². The summed E-state index contributed by atoms with van der Waals surface area (Å²) in [5.74, 6) is -1.38. The molecular formula is C26H22F3N5O5. The Kier molecular flexibility index (Phi) is 7.57. The molecule has 4 rings (SSSR count). The van der Waals surface area contributed by atoms with E-state index in [4.69, 9.17) is 4.74 Å². The molecule has 10 nitrogen and oxygen atoms in total. The van der Waals surface area contributed by atoms with Crippen LogP contribution >= 0.6 is 0 Å². The van der Waals surface area contributed by atoms with Gasteiger partial charge in [-0.1, -0.05) is 18.2 Å². The van der Waals surface area contributed by atoms with Crippen LogP contribution in [0.15, 0.2) is 64.6 Å². The second kappa shape index (κ2) is 10.9. The molecule has 1 atom stereocenters. The monoisotopic (exact) mass is 541 g/mol. The second-order valence-electron chi connectivity index (χ2n) is 8.53. The predicted molar refractivity (Wildman–Crippen MR) is 131 cm³/mol. The van der Waals surface area contributed by atoms with Crippen LogP contribution in [-0.4, -0.2) is 40.4 Å². The van der Waals surface area contributed by atoms with Crippen LogP contribution in [0.25, 0.3) is 0 Å². The minimum Gasteiger partial charge on any atom is -0.469 e. The third-order valence-electron chi connectivity index (χ3n) is 6.14. The molecule has 0 spiro atoms. The van der Waals surface area contributed by atoms with Gasteiger partial charge in [0.05, 0.1) is 36.5 Å². The zero-order valence-corrected chi connectivity index (χ0v) is 20.8. The van der Waals surface area contributed by atoms with E-state index in [2.05, 4.69) is 14.9 Å². The molecule has 2 heterocycles. The molecule has 202 valence electrons. The number of hydrogen-bond acceptors (Lipinski definition) is 8. The van der Waals surface area contributed by atoms with Gasteiger partial charge in [-0.15, -0.1) is 5.10 Å². The first kappa shape index (κ1) is 27.2. The van der Waals surface area contributed by atoms with Crippen LogP contribution in [-0.2, 0) is 25.2 Å². The first-order valence-corrected chi connectivity index (χ1v) is 11.7. The number of alkyl halides is 3. The normalized spacial score (nSPS) is 15.0. The zero-order valence-electron chi connectivity index (χ0n) is 20.8. The van der Waals surface area contributed by atoms with Crippen molar-refractivity contribution < 1.29 is 32.2 Å². The number of carbonyl (C=O) groups excluding carboxylic acids is 2. The Morgan fingerprint density at radius 3 is 2.54 bits per heavy atom. The number of fused-ring (bicyclic) bond motifs is 1. The number of benzene rings is 2. The van der Waals surface area contributed by atoms with E-state index >= 15 is 0 Å². The number of nitrogens with one attached hydrogen (secondary N) is 1. The van der Waals surface area contributed by atoms with Gasteiger partial charge in [0.15, 0.2) is 0 Å². The number of hydrogen-bond donors (Lipinski definition) is 1. The van der Waals surface area contributed by atoms with Crippen molar-refractivity contribution in [3.63, 3.8) is 0 Å². The van der Waals surface area contributed by atoms with Crippen LogP contribution in [0.2, 0.25) is 0 Å². The van der Waals surface area contributed by atoms with Crippen molar-refractivity contribution in [2.45, 2.75) is 32.0 Å². The highest BCUT2D eigenvalue weighted by Gasteiger charge is 2.40. The Labute approximate surface area is 219 Å². The number of nitriles is 1. The van der Waals surface area contributed by atoms with Gasteiger partial charge in [0, 0.05) is 17.8 Å². The first-order chi connectivity index (χ1) is 18.6. The maximum Gasteiger partial charge on any atom is 0.416 e. The number of allylic oxidation sites excluding steroid dienone is 1. The van der Waals surface area contributed by atoms with Crippen molar-refractivity contribution in [3.05, 3.63) is 87.0 Å². The first-order valence-electron chi connectivity index (χ1n) is 11.7. The molecule has 1 aromatic heterocycles. The highest BCUT2D eigenvalue weighted by Crippen LogP contribution is 2.42. The lowest BCUT2D eigenvalue weighted by atomic mass is 9.93. The minimum absolute atomic E-state index is 0.00254. The van der Waals surface area contributed by atoms with Crippen molar-refractivity contribution in [1.82, 2.24) is 14.8 Å². The van der Waals surface area contributed by atoms with Gasteiger partial charge in [0.1, 0.15) is 6.04 Å². The Balaban J connectivity index is 1.85. The molecule has 13 heteroatoms. The lowest BCUT2D eigenvalue weighted by Gasteiger charge is -2.35. The van der Waals surface area contributed by atoms with Crippen LogP contribution in [0.5, 0.6) is 0 Å². The fourth-order valence-electron chi connectivity index (χ4n) is 4.29. The van der Waals surface area contributed by atoms with Gasteiger partial charge in [-0.25, -0.2) is 19.3 Å². The van der Waals surface area contributed by atoms with E-state index in [0.29, 0.717) is 11.1 Å². The van der Waals surface area contributed by atoms with Crippen LogP contribution < -0.4 is 10.6 Å². The highest BCUT2D eigenvalue weighted by molar-refractivity contribution is 5.93. The van der Waals surface area contributed by atoms with Crippen LogP contribution in [0.4, 0.5) is 24.8 Å². The minimum atomic E-state index is -4.64. The molecule has 0 unspecified atom stereocenters. The molecule has 0 saturated heterocycles. The van der Waals surface area contributed by atoms with E-state index in [1.54, 1.807) is 12.1 Å². The van der Waals surface area contributed by atoms with Gasteiger partial charge in [-0.2, -0.15) is 18.4 Å². The van der Waals surface area contributed by atoms with Crippen LogP contribution in [0.3, 0.4) is 0 Å². The summed E-state index contributed by atoms with van der Waals surface area (Å²) in [4.78, 5) is 39.1. The summed E-state index contributed by atoms with van der Waals surface area (Å²) in [6.45, 7) is 1.35. The van der Waals surface area contributed by atoms with Crippen molar-refractivity contribution in [1.29, 1.82) is 5.26 Å². The van der Waals surface area contributed by atoms with Crippen molar-refractivity contribution in [2.75, 3.05) is 18.6 Å². The SMILES string of the molecule is COC(=O)CCCOC(=O)C1=C(C)N(c2cccc(C(F)(F)F)c2)c2n[nH]c(=O)n2[C@@H]1c1ccc(C#N)cc1. The van der Waals surface area contributed by atoms with E-state index in [0.717, 1.165) is 16.7 Å². The van der Waals surface area contributed by atoms with Gasteiger partial charge < -0.3 is 9.47 Å². The number of halogens is 3. The maximum absolute atomic E-state index is 13.5. The highest BCUT2D eigenvalue weighted by atomic mass is 19.4. The Morgan fingerprint density at radius 2 is 1.90 bits per heavy atom. The number of aromatic nitrogens is 3. The Hall–Kier alpha value is -4.86. The molecule has 1 aliphatic heterocycles. The third-order valence-corrected chi connectivity index (χ3v) is 6.14. The fraction of sp³-hybridized carbons (Fsp3) is 0.269.